The van der Waals surface area contributed by atoms with E-state index < -0.39 is 0 Å². The van der Waals surface area contributed by atoms with Gasteiger partial charge in [-0.05, 0) is 30.5 Å². The van der Waals surface area contributed by atoms with Crippen molar-refractivity contribution in [3.8, 4) is 0 Å². The first-order valence-corrected chi connectivity index (χ1v) is 7.14. The van der Waals surface area contributed by atoms with Crippen molar-refractivity contribution < 1.29 is 4.74 Å². The molecule has 1 aliphatic rings. The molecule has 1 aromatic rings. The molecule has 0 bridgehead atoms. The summed E-state index contributed by atoms with van der Waals surface area (Å²) in [5.41, 5.74) is 1.38. The lowest BCUT2D eigenvalue weighted by Gasteiger charge is -2.11. The van der Waals surface area contributed by atoms with Crippen LogP contribution in [0.4, 0.5) is 0 Å². The van der Waals surface area contributed by atoms with Crippen molar-refractivity contribution in [1.82, 2.24) is 5.32 Å². The summed E-state index contributed by atoms with van der Waals surface area (Å²) in [7, 11) is 1.76. The summed E-state index contributed by atoms with van der Waals surface area (Å²) >= 11 is 1.88. The summed E-state index contributed by atoms with van der Waals surface area (Å²) in [4.78, 5) is 1.34. The van der Waals surface area contributed by atoms with E-state index >= 15 is 0 Å². The first-order chi connectivity index (χ1) is 8.28. The van der Waals surface area contributed by atoms with Gasteiger partial charge in [0.05, 0.1) is 6.61 Å². The summed E-state index contributed by atoms with van der Waals surface area (Å²) in [6.45, 7) is 4.00. The molecule has 0 aromatic heterocycles. The van der Waals surface area contributed by atoms with E-state index in [0.717, 1.165) is 19.2 Å². The molecule has 0 heterocycles. The van der Waals surface area contributed by atoms with Gasteiger partial charge in [-0.3, -0.25) is 0 Å². The van der Waals surface area contributed by atoms with Gasteiger partial charge in [0.25, 0.3) is 0 Å². The van der Waals surface area contributed by atoms with Gasteiger partial charge in [0.2, 0.25) is 0 Å². The maximum Gasteiger partial charge on any atom is 0.0582 e. The highest BCUT2D eigenvalue weighted by atomic mass is 32.2. The van der Waals surface area contributed by atoms with Crippen molar-refractivity contribution in [3.63, 3.8) is 0 Å². The summed E-state index contributed by atoms with van der Waals surface area (Å²) in [5, 5.41) is 4.05. The van der Waals surface area contributed by atoms with E-state index in [1.54, 1.807) is 7.11 Å². The van der Waals surface area contributed by atoms with Crippen LogP contribution >= 0.6 is 11.8 Å². The van der Waals surface area contributed by atoms with Gasteiger partial charge >= 0.3 is 0 Å². The third-order valence-corrected chi connectivity index (χ3v) is 3.87. The van der Waals surface area contributed by atoms with Crippen molar-refractivity contribution in [1.29, 1.82) is 0 Å². The summed E-state index contributed by atoms with van der Waals surface area (Å²) in [6.07, 6.45) is 2.69. The molecule has 1 fully saturated rings. The van der Waals surface area contributed by atoms with Crippen molar-refractivity contribution in [2.45, 2.75) is 42.5 Å². The molecule has 1 unspecified atom stereocenters. The summed E-state index contributed by atoms with van der Waals surface area (Å²) in [6, 6.07) is 9.58. The Labute approximate surface area is 108 Å². The van der Waals surface area contributed by atoms with Crippen molar-refractivity contribution in [2.75, 3.05) is 13.7 Å². The second-order valence-corrected chi connectivity index (χ2v) is 6.20. The topological polar surface area (TPSA) is 21.3 Å². The molecule has 94 valence electrons. The fraction of sp³-hybridized carbons (Fsp3) is 0.571. The summed E-state index contributed by atoms with van der Waals surface area (Å²) in [5.74, 6) is 0. The SMILES string of the molecule is COCC(C)Sc1cccc(CNC2CC2)c1. The predicted octanol–water partition coefficient (Wildman–Crippen LogP) is 3.07. The fourth-order valence-electron chi connectivity index (χ4n) is 1.78. The molecule has 17 heavy (non-hydrogen) atoms. The molecule has 1 aromatic carbocycles. The number of rotatable bonds is 7. The zero-order valence-corrected chi connectivity index (χ0v) is 11.4. The molecule has 1 saturated carbocycles. The Morgan fingerprint density at radius 3 is 3.00 bits per heavy atom. The number of benzene rings is 1. The second-order valence-electron chi connectivity index (χ2n) is 4.69. The Hall–Kier alpha value is -0.510. The Morgan fingerprint density at radius 2 is 2.29 bits per heavy atom. The largest absolute Gasteiger partial charge is 0.384 e. The smallest absolute Gasteiger partial charge is 0.0582 e. The molecule has 1 atom stereocenters. The van der Waals surface area contributed by atoms with E-state index in [0.29, 0.717) is 5.25 Å². The maximum atomic E-state index is 5.16. The van der Waals surface area contributed by atoms with Crippen LogP contribution < -0.4 is 5.32 Å². The van der Waals surface area contributed by atoms with E-state index in [1.165, 1.54) is 23.3 Å². The van der Waals surface area contributed by atoms with Crippen LogP contribution in [0.15, 0.2) is 29.2 Å². The average molecular weight is 251 g/mol. The maximum absolute atomic E-state index is 5.16. The minimum absolute atomic E-state index is 0.506. The number of hydrogen-bond acceptors (Lipinski definition) is 3. The predicted molar refractivity (Wildman–Crippen MR) is 73.5 cm³/mol. The highest BCUT2D eigenvalue weighted by Gasteiger charge is 2.19. The van der Waals surface area contributed by atoms with Crippen LogP contribution in [-0.2, 0) is 11.3 Å². The normalized spacial score (nSPS) is 17.1. The number of methoxy groups -OCH3 is 1. The molecule has 2 rings (SSSR count). The molecule has 2 nitrogen and oxygen atoms in total. The van der Waals surface area contributed by atoms with Crippen LogP contribution in [0.25, 0.3) is 0 Å². The van der Waals surface area contributed by atoms with Gasteiger partial charge in [-0.15, -0.1) is 11.8 Å². The van der Waals surface area contributed by atoms with Crippen LogP contribution in [0.1, 0.15) is 25.3 Å². The highest BCUT2D eigenvalue weighted by Crippen LogP contribution is 2.25. The lowest BCUT2D eigenvalue weighted by atomic mass is 10.2. The van der Waals surface area contributed by atoms with Gasteiger partial charge in [-0.1, -0.05) is 19.1 Å². The molecule has 0 aliphatic heterocycles. The Balaban J connectivity index is 1.85. The van der Waals surface area contributed by atoms with Crippen LogP contribution in [0, 0.1) is 0 Å². The van der Waals surface area contributed by atoms with Crippen molar-refractivity contribution in [3.05, 3.63) is 29.8 Å². The standard InChI is InChI=1S/C14H21NOS/c1-11(10-16-2)17-14-5-3-4-12(8-14)9-15-13-6-7-13/h3-5,8,11,13,15H,6-7,9-10H2,1-2H3. The Morgan fingerprint density at radius 1 is 1.47 bits per heavy atom. The number of ether oxygens (including phenoxy) is 1. The van der Waals surface area contributed by atoms with Crippen LogP contribution in [-0.4, -0.2) is 25.0 Å². The van der Waals surface area contributed by atoms with Crippen LogP contribution in [0.5, 0.6) is 0 Å². The highest BCUT2D eigenvalue weighted by molar-refractivity contribution is 8.00. The minimum Gasteiger partial charge on any atom is -0.384 e. The molecular weight excluding hydrogens is 230 g/mol. The monoisotopic (exact) mass is 251 g/mol. The molecular formula is C14H21NOS. The van der Waals surface area contributed by atoms with Gasteiger partial charge in [-0.25, -0.2) is 0 Å². The average Bonchev–Trinajstić information content (AvgIpc) is 3.11. The van der Waals surface area contributed by atoms with Crippen LogP contribution in [0.3, 0.4) is 0 Å². The number of nitrogens with one attached hydrogen (secondary N) is 1. The van der Waals surface area contributed by atoms with Crippen LogP contribution in [0.2, 0.25) is 0 Å². The molecule has 1 N–H and O–H groups in total. The fourth-order valence-corrected chi connectivity index (χ4v) is 2.82. The number of thioether (sulfide) groups is 1. The first kappa shape index (κ1) is 12.9. The molecule has 0 radical (unpaired) electrons. The first-order valence-electron chi connectivity index (χ1n) is 6.26. The van der Waals surface area contributed by atoms with E-state index in [9.17, 15) is 0 Å². The summed E-state index contributed by atoms with van der Waals surface area (Å²) < 4.78 is 5.16. The van der Waals surface area contributed by atoms with Gasteiger partial charge in [0.15, 0.2) is 0 Å². The second kappa shape index (κ2) is 6.43. The van der Waals surface area contributed by atoms with Gasteiger partial charge in [-0.2, -0.15) is 0 Å². The molecule has 0 spiro atoms. The van der Waals surface area contributed by atoms with Crippen molar-refractivity contribution >= 4 is 11.8 Å². The third-order valence-electron chi connectivity index (χ3n) is 2.81. The molecule has 0 amide bonds. The van der Waals surface area contributed by atoms with Gasteiger partial charge < -0.3 is 10.1 Å². The van der Waals surface area contributed by atoms with E-state index in [4.69, 9.17) is 4.74 Å². The Bertz CT molecular complexity index is 352. The lowest BCUT2D eigenvalue weighted by Crippen LogP contribution is -2.15. The van der Waals surface area contributed by atoms with E-state index in [1.807, 2.05) is 11.8 Å². The zero-order chi connectivity index (χ0) is 12.1. The third kappa shape index (κ3) is 4.70. The van der Waals surface area contributed by atoms with Gasteiger partial charge in [0.1, 0.15) is 0 Å². The molecule has 3 heteroatoms. The zero-order valence-electron chi connectivity index (χ0n) is 10.6. The number of hydrogen-bond donors (Lipinski definition) is 1. The minimum atomic E-state index is 0.506. The molecule has 0 saturated heterocycles. The Kier molecular flexibility index (Phi) is 4.89. The molecule has 1 aliphatic carbocycles. The van der Waals surface area contributed by atoms with Crippen molar-refractivity contribution in [2.24, 2.45) is 0 Å². The lowest BCUT2D eigenvalue weighted by molar-refractivity contribution is 0.203. The van der Waals surface area contributed by atoms with Gasteiger partial charge in [0, 0.05) is 29.8 Å². The van der Waals surface area contributed by atoms with E-state index in [2.05, 4.69) is 36.5 Å². The quantitative estimate of drug-likeness (QED) is 0.753. The van der Waals surface area contributed by atoms with E-state index in [-0.39, 0.29) is 0 Å².